The van der Waals surface area contributed by atoms with Crippen LogP contribution in [0.15, 0.2) is 67.4 Å². The number of rotatable bonds is 7. The van der Waals surface area contributed by atoms with Crippen molar-refractivity contribution in [2.45, 2.75) is 19.8 Å². The highest BCUT2D eigenvalue weighted by Gasteiger charge is 2.18. The molecule has 0 atom stereocenters. The molecule has 0 aliphatic rings. The number of pyridine rings is 3. The van der Waals surface area contributed by atoms with Crippen molar-refractivity contribution >= 4 is 34.2 Å². The summed E-state index contributed by atoms with van der Waals surface area (Å²) in [5, 5.41) is 11.7. The third-order valence-electron chi connectivity index (χ3n) is 5.79. The van der Waals surface area contributed by atoms with E-state index < -0.39 is 0 Å². The van der Waals surface area contributed by atoms with Crippen LogP contribution < -0.4 is 11.1 Å². The van der Waals surface area contributed by atoms with Crippen LogP contribution in [0.4, 0.5) is 15.9 Å². The topological polar surface area (TPSA) is 146 Å². The van der Waals surface area contributed by atoms with Crippen molar-refractivity contribution < 1.29 is 9.18 Å². The predicted octanol–water partition coefficient (Wildman–Crippen LogP) is 4.96. The van der Waals surface area contributed by atoms with Gasteiger partial charge in [-0.25, -0.2) is 14.4 Å². The Balaban J connectivity index is 1.50. The second kappa shape index (κ2) is 9.94. The van der Waals surface area contributed by atoms with E-state index in [1.54, 1.807) is 55.2 Å². The number of nitrogens with two attached hydrogens (primary N) is 1. The second-order valence-corrected chi connectivity index (χ2v) is 8.47. The Labute approximate surface area is 211 Å². The number of aromatic nitrogens is 5. The summed E-state index contributed by atoms with van der Waals surface area (Å²) in [6.07, 6.45) is 9.19. The number of imidazole rings is 1. The molecule has 0 aliphatic heterocycles. The van der Waals surface area contributed by atoms with Gasteiger partial charge >= 0.3 is 0 Å². The Hall–Kier alpha value is -4.99. The van der Waals surface area contributed by atoms with E-state index in [4.69, 9.17) is 11.1 Å². The van der Waals surface area contributed by atoms with Gasteiger partial charge in [0.2, 0.25) is 5.91 Å². The van der Waals surface area contributed by atoms with Crippen molar-refractivity contribution in [2.24, 2.45) is 0 Å². The molecule has 0 radical (unpaired) electrons. The number of nitrogens with zero attached hydrogens (tertiary/aromatic N) is 4. The van der Waals surface area contributed by atoms with Crippen LogP contribution in [0.5, 0.6) is 0 Å². The molecule has 0 aliphatic carbocycles. The number of benzene rings is 1. The molecule has 37 heavy (non-hydrogen) atoms. The van der Waals surface area contributed by atoms with Crippen LogP contribution in [0.3, 0.4) is 0 Å². The van der Waals surface area contributed by atoms with Gasteiger partial charge in [0.1, 0.15) is 17.3 Å². The molecule has 0 saturated carbocycles. The lowest BCUT2D eigenvalue weighted by atomic mass is 10.0. The summed E-state index contributed by atoms with van der Waals surface area (Å²) in [5.74, 6) is -0.0171. The smallest absolute Gasteiger partial charge is 0.224 e. The molecule has 1 aromatic carbocycles. The van der Waals surface area contributed by atoms with Crippen LogP contribution in [-0.4, -0.2) is 36.5 Å². The molecule has 5 rings (SSSR count). The third-order valence-corrected chi connectivity index (χ3v) is 5.79. The number of aromatic amines is 1. The summed E-state index contributed by atoms with van der Waals surface area (Å²) in [4.78, 5) is 32.4. The lowest BCUT2D eigenvalue weighted by molar-refractivity contribution is -0.116. The maximum absolute atomic E-state index is 13.8. The summed E-state index contributed by atoms with van der Waals surface area (Å²) in [5.41, 5.74) is 10.9. The first-order chi connectivity index (χ1) is 17.9. The Morgan fingerprint density at radius 2 is 1.86 bits per heavy atom. The second-order valence-electron chi connectivity index (χ2n) is 8.47. The van der Waals surface area contributed by atoms with Crippen molar-refractivity contribution in [1.82, 2.24) is 24.9 Å². The highest BCUT2D eigenvalue weighted by atomic mass is 19.1. The minimum atomic E-state index is -0.364. The van der Waals surface area contributed by atoms with Gasteiger partial charge in [0.15, 0.2) is 5.82 Å². The highest BCUT2D eigenvalue weighted by molar-refractivity contribution is 6.13. The molecule has 5 aromatic rings. The van der Waals surface area contributed by atoms with Crippen molar-refractivity contribution in [1.29, 1.82) is 5.41 Å². The van der Waals surface area contributed by atoms with E-state index in [2.05, 4.69) is 30.2 Å². The normalized spacial score (nSPS) is 11.0. The van der Waals surface area contributed by atoms with Crippen LogP contribution in [0.1, 0.15) is 31.2 Å². The van der Waals surface area contributed by atoms with Crippen molar-refractivity contribution in [2.75, 3.05) is 11.1 Å². The number of halogens is 1. The Morgan fingerprint density at radius 1 is 1.05 bits per heavy atom. The van der Waals surface area contributed by atoms with Gasteiger partial charge in [0, 0.05) is 47.3 Å². The van der Waals surface area contributed by atoms with Gasteiger partial charge in [-0.1, -0.05) is 19.1 Å². The number of carbonyl (C=O) groups excluding carboxylic acids is 1. The van der Waals surface area contributed by atoms with Gasteiger partial charge in [-0.15, -0.1) is 0 Å². The zero-order valence-electron chi connectivity index (χ0n) is 19.9. The molecule has 1 amide bonds. The summed E-state index contributed by atoms with van der Waals surface area (Å²) in [6.45, 7) is 1.94. The summed E-state index contributed by atoms with van der Waals surface area (Å²) >= 11 is 0. The standard InChI is InChI=1S/C27H23FN8O/c1-2-4-23(37)34-19-8-16(10-31-12-19)17-9-20(26(30)33-11-17)24(29)27-35-22-14-32-13-21(25(22)36-27)15-5-3-6-18(28)7-15/h3,5-14,29H,2,4H2,1H3,(H2,30,33)(H,34,37)(H,35,36). The van der Waals surface area contributed by atoms with Gasteiger partial charge < -0.3 is 16.0 Å². The van der Waals surface area contributed by atoms with E-state index in [9.17, 15) is 9.18 Å². The molecule has 184 valence electrons. The lowest BCUT2D eigenvalue weighted by Gasteiger charge is -2.10. The van der Waals surface area contributed by atoms with E-state index in [0.717, 1.165) is 6.42 Å². The number of carbonyl (C=O) groups is 1. The van der Waals surface area contributed by atoms with Crippen LogP contribution in [-0.2, 0) is 4.79 Å². The molecule has 0 bridgehead atoms. The summed E-state index contributed by atoms with van der Waals surface area (Å²) in [7, 11) is 0. The van der Waals surface area contributed by atoms with Crippen LogP contribution in [0, 0.1) is 11.2 Å². The number of nitrogen functional groups attached to an aromatic ring is 1. The molecule has 5 N–H and O–H groups in total. The lowest BCUT2D eigenvalue weighted by Crippen LogP contribution is -2.11. The average Bonchev–Trinajstić information content (AvgIpc) is 3.33. The number of hydrogen-bond donors (Lipinski definition) is 4. The third kappa shape index (κ3) is 4.90. The molecular weight excluding hydrogens is 471 g/mol. The zero-order valence-corrected chi connectivity index (χ0v) is 19.9. The molecule has 0 unspecified atom stereocenters. The fourth-order valence-corrected chi connectivity index (χ4v) is 4.00. The van der Waals surface area contributed by atoms with Crippen molar-refractivity contribution in [3.8, 4) is 22.3 Å². The molecule has 4 aromatic heterocycles. The molecule has 0 fully saturated rings. The van der Waals surface area contributed by atoms with Crippen LogP contribution in [0.2, 0.25) is 0 Å². The Morgan fingerprint density at radius 3 is 2.68 bits per heavy atom. The fourth-order valence-electron chi connectivity index (χ4n) is 4.00. The van der Waals surface area contributed by atoms with E-state index in [0.29, 0.717) is 51.0 Å². The number of amides is 1. The molecule has 9 nitrogen and oxygen atoms in total. The molecule has 0 spiro atoms. The maximum atomic E-state index is 13.8. The van der Waals surface area contributed by atoms with Crippen molar-refractivity contribution in [3.05, 3.63) is 84.6 Å². The first-order valence-electron chi connectivity index (χ1n) is 11.6. The molecular formula is C27H23FN8O. The first-order valence-corrected chi connectivity index (χ1v) is 11.6. The van der Waals surface area contributed by atoms with E-state index in [1.165, 1.54) is 12.1 Å². The minimum absolute atomic E-state index is 0.0357. The van der Waals surface area contributed by atoms with Crippen molar-refractivity contribution in [3.63, 3.8) is 0 Å². The predicted molar refractivity (Wildman–Crippen MR) is 141 cm³/mol. The number of anilines is 2. The Kier molecular flexibility index (Phi) is 6.38. The number of nitrogens with one attached hydrogen (secondary N) is 3. The van der Waals surface area contributed by atoms with Gasteiger partial charge in [-0.2, -0.15) is 0 Å². The summed E-state index contributed by atoms with van der Waals surface area (Å²) < 4.78 is 13.8. The van der Waals surface area contributed by atoms with E-state index in [1.807, 2.05) is 6.92 Å². The molecule has 10 heteroatoms. The SMILES string of the molecule is CCCC(=O)Nc1cncc(-c2cnc(N)c(C(=N)c3nc4c(-c5cccc(F)c5)cncc4[nH]3)c2)c1. The largest absolute Gasteiger partial charge is 0.383 e. The molecule has 4 heterocycles. The van der Waals surface area contributed by atoms with Gasteiger partial charge in [0.05, 0.1) is 29.1 Å². The average molecular weight is 495 g/mol. The minimum Gasteiger partial charge on any atom is -0.383 e. The van der Waals surface area contributed by atoms with E-state index in [-0.39, 0.29) is 29.1 Å². The zero-order chi connectivity index (χ0) is 25.9. The van der Waals surface area contributed by atoms with Gasteiger partial charge in [-0.05, 0) is 36.2 Å². The highest BCUT2D eigenvalue weighted by Crippen LogP contribution is 2.29. The Bertz CT molecular complexity index is 1650. The summed E-state index contributed by atoms with van der Waals surface area (Å²) in [6, 6.07) is 9.70. The van der Waals surface area contributed by atoms with Crippen LogP contribution >= 0.6 is 0 Å². The van der Waals surface area contributed by atoms with E-state index >= 15 is 0 Å². The maximum Gasteiger partial charge on any atom is 0.224 e. The van der Waals surface area contributed by atoms with Crippen LogP contribution in [0.25, 0.3) is 33.3 Å². The number of fused-ring (bicyclic) bond motifs is 1. The fraction of sp³-hybridized carbons (Fsp3) is 0.111. The first kappa shape index (κ1) is 23.7. The number of H-pyrrole nitrogens is 1. The van der Waals surface area contributed by atoms with Gasteiger partial charge in [0.25, 0.3) is 0 Å². The quantitative estimate of drug-likeness (QED) is 0.235. The molecule has 0 saturated heterocycles. The van der Waals surface area contributed by atoms with Gasteiger partial charge in [-0.3, -0.25) is 20.2 Å². The number of hydrogen-bond acceptors (Lipinski definition) is 7. The monoisotopic (exact) mass is 494 g/mol.